The zero-order valence-corrected chi connectivity index (χ0v) is 10.4. The summed E-state index contributed by atoms with van der Waals surface area (Å²) in [4.78, 5) is 2.42. The quantitative estimate of drug-likeness (QED) is 0.814. The lowest BCUT2D eigenvalue weighted by molar-refractivity contribution is -0.00902. The Kier molecular flexibility index (Phi) is 2.60. The molecule has 0 spiro atoms. The van der Waals surface area contributed by atoms with Gasteiger partial charge in [0.1, 0.15) is 0 Å². The molecule has 2 aliphatic rings. The van der Waals surface area contributed by atoms with Crippen LogP contribution in [0.25, 0.3) is 0 Å². The highest BCUT2D eigenvalue weighted by atomic mass is 16.3. The summed E-state index contributed by atoms with van der Waals surface area (Å²) in [5.41, 5.74) is 3.60. The second kappa shape index (κ2) is 4.00. The van der Waals surface area contributed by atoms with Crippen molar-refractivity contribution in [1.29, 1.82) is 0 Å². The van der Waals surface area contributed by atoms with Crippen molar-refractivity contribution in [3.63, 3.8) is 0 Å². The molecule has 0 radical (unpaired) electrons. The van der Waals surface area contributed by atoms with E-state index in [-0.39, 0.29) is 0 Å². The lowest BCUT2D eigenvalue weighted by Crippen LogP contribution is -2.60. The third-order valence-corrected chi connectivity index (χ3v) is 3.96. The van der Waals surface area contributed by atoms with Gasteiger partial charge in [-0.05, 0) is 30.5 Å². The largest absolute Gasteiger partial charge is 0.387 e. The molecule has 0 saturated carbocycles. The van der Waals surface area contributed by atoms with Crippen LogP contribution in [0.1, 0.15) is 18.1 Å². The normalized spacial score (nSPS) is 21.2. The summed E-state index contributed by atoms with van der Waals surface area (Å²) >= 11 is 0. The van der Waals surface area contributed by atoms with Crippen molar-refractivity contribution in [3.05, 3.63) is 29.3 Å². The Morgan fingerprint density at radius 1 is 1.41 bits per heavy atom. The minimum absolute atomic E-state index is 0.503. The number of β-amino-alcohol motifs (C(OH)–C–C–N with tert-alkyl or cyclic N) is 1. The fourth-order valence-electron chi connectivity index (χ4n) is 2.88. The second-order valence-corrected chi connectivity index (χ2v) is 5.30. The molecular weight excluding hydrogens is 212 g/mol. The Hall–Kier alpha value is -1.06. The van der Waals surface area contributed by atoms with E-state index in [0.29, 0.717) is 0 Å². The van der Waals surface area contributed by atoms with Gasteiger partial charge in [-0.15, -0.1) is 0 Å². The molecule has 3 heteroatoms. The van der Waals surface area contributed by atoms with E-state index in [1.165, 1.54) is 16.8 Å². The summed E-state index contributed by atoms with van der Waals surface area (Å²) in [7, 11) is 0. The molecule has 17 heavy (non-hydrogen) atoms. The predicted octanol–water partition coefficient (Wildman–Crippen LogP) is 0.946. The van der Waals surface area contributed by atoms with Crippen molar-refractivity contribution in [3.8, 4) is 0 Å². The standard InChI is InChI=1S/C14H20N2O/c1-2-16-6-5-12-7-11(3-4-13(12)16)8-14(17)9-15-10-14/h3-4,7,15,17H,2,5-6,8-10H2,1H3. The molecule has 0 aliphatic carbocycles. The molecule has 3 rings (SSSR count). The van der Waals surface area contributed by atoms with E-state index < -0.39 is 5.60 Å². The Balaban J connectivity index is 1.80. The summed E-state index contributed by atoms with van der Waals surface area (Å²) < 4.78 is 0. The molecule has 1 aromatic carbocycles. The van der Waals surface area contributed by atoms with E-state index in [1.54, 1.807) is 0 Å². The number of anilines is 1. The van der Waals surface area contributed by atoms with E-state index in [9.17, 15) is 5.11 Å². The van der Waals surface area contributed by atoms with Crippen molar-refractivity contribution in [2.45, 2.75) is 25.4 Å². The van der Waals surface area contributed by atoms with E-state index in [0.717, 1.165) is 39.0 Å². The lowest BCUT2D eigenvalue weighted by atomic mass is 9.88. The number of aliphatic hydroxyl groups is 1. The molecular formula is C14H20N2O. The number of hydrogen-bond acceptors (Lipinski definition) is 3. The summed E-state index contributed by atoms with van der Waals surface area (Å²) in [5.74, 6) is 0. The van der Waals surface area contributed by atoms with Crippen LogP contribution in [-0.2, 0) is 12.8 Å². The minimum Gasteiger partial charge on any atom is -0.387 e. The van der Waals surface area contributed by atoms with Gasteiger partial charge in [0.2, 0.25) is 0 Å². The molecule has 0 aromatic heterocycles. The van der Waals surface area contributed by atoms with Crippen LogP contribution in [0.5, 0.6) is 0 Å². The van der Waals surface area contributed by atoms with Crippen LogP contribution in [0, 0.1) is 0 Å². The first-order chi connectivity index (χ1) is 8.20. The molecule has 0 bridgehead atoms. The van der Waals surface area contributed by atoms with E-state index in [1.807, 2.05) is 0 Å². The first kappa shape index (κ1) is 11.1. The summed E-state index contributed by atoms with van der Waals surface area (Å²) in [6, 6.07) is 6.67. The highest BCUT2D eigenvalue weighted by molar-refractivity contribution is 5.59. The molecule has 0 amide bonds. The molecule has 2 aliphatic heterocycles. The van der Waals surface area contributed by atoms with Crippen LogP contribution in [0.15, 0.2) is 18.2 Å². The molecule has 1 fully saturated rings. The monoisotopic (exact) mass is 232 g/mol. The van der Waals surface area contributed by atoms with Crippen LogP contribution >= 0.6 is 0 Å². The first-order valence-electron chi connectivity index (χ1n) is 6.50. The van der Waals surface area contributed by atoms with Crippen LogP contribution in [-0.4, -0.2) is 36.9 Å². The molecule has 92 valence electrons. The maximum atomic E-state index is 10.1. The van der Waals surface area contributed by atoms with Gasteiger partial charge in [-0.2, -0.15) is 0 Å². The molecule has 3 nitrogen and oxygen atoms in total. The zero-order valence-electron chi connectivity index (χ0n) is 10.4. The van der Waals surface area contributed by atoms with Gasteiger partial charge in [-0.3, -0.25) is 0 Å². The Labute approximate surface area is 102 Å². The summed E-state index contributed by atoms with van der Waals surface area (Å²) in [6.45, 7) is 5.88. The van der Waals surface area contributed by atoms with Gasteiger partial charge >= 0.3 is 0 Å². The third-order valence-electron chi connectivity index (χ3n) is 3.96. The van der Waals surface area contributed by atoms with Gasteiger partial charge in [-0.25, -0.2) is 0 Å². The Morgan fingerprint density at radius 3 is 2.88 bits per heavy atom. The number of rotatable bonds is 3. The van der Waals surface area contributed by atoms with Gasteiger partial charge in [0.25, 0.3) is 0 Å². The number of nitrogens with one attached hydrogen (secondary N) is 1. The minimum atomic E-state index is -0.503. The van der Waals surface area contributed by atoms with Gasteiger partial charge in [0, 0.05) is 38.3 Å². The molecule has 2 N–H and O–H groups in total. The zero-order chi connectivity index (χ0) is 11.9. The van der Waals surface area contributed by atoms with E-state index in [2.05, 4.69) is 35.3 Å². The number of fused-ring (bicyclic) bond motifs is 1. The van der Waals surface area contributed by atoms with E-state index in [4.69, 9.17) is 0 Å². The average Bonchev–Trinajstić information content (AvgIpc) is 2.69. The van der Waals surface area contributed by atoms with Crippen molar-refractivity contribution in [2.75, 3.05) is 31.1 Å². The molecule has 0 unspecified atom stereocenters. The highest BCUT2D eigenvalue weighted by Crippen LogP contribution is 2.30. The van der Waals surface area contributed by atoms with Gasteiger partial charge < -0.3 is 15.3 Å². The third kappa shape index (κ3) is 1.94. The highest BCUT2D eigenvalue weighted by Gasteiger charge is 2.34. The number of benzene rings is 1. The number of nitrogens with zero attached hydrogens (tertiary/aromatic N) is 1. The van der Waals surface area contributed by atoms with E-state index >= 15 is 0 Å². The first-order valence-corrected chi connectivity index (χ1v) is 6.50. The second-order valence-electron chi connectivity index (χ2n) is 5.30. The smallest absolute Gasteiger partial charge is 0.0935 e. The van der Waals surface area contributed by atoms with Crippen molar-refractivity contribution >= 4 is 5.69 Å². The van der Waals surface area contributed by atoms with Gasteiger partial charge in [0.05, 0.1) is 5.60 Å². The molecule has 1 saturated heterocycles. The van der Waals surface area contributed by atoms with Gasteiger partial charge in [0.15, 0.2) is 0 Å². The summed E-state index contributed by atoms with van der Waals surface area (Å²) in [6.07, 6.45) is 1.92. The lowest BCUT2D eigenvalue weighted by Gasteiger charge is -2.37. The summed E-state index contributed by atoms with van der Waals surface area (Å²) in [5, 5.41) is 13.3. The predicted molar refractivity (Wildman–Crippen MR) is 69.6 cm³/mol. The van der Waals surface area contributed by atoms with Crippen LogP contribution < -0.4 is 10.2 Å². The van der Waals surface area contributed by atoms with Crippen molar-refractivity contribution in [2.24, 2.45) is 0 Å². The SMILES string of the molecule is CCN1CCc2cc(CC3(O)CNC3)ccc21. The van der Waals surface area contributed by atoms with Crippen molar-refractivity contribution in [1.82, 2.24) is 5.32 Å². The maximum absolute atomic E-state index is 10.1. The van der Waals surface area contributed by atoms with Crippen molar-refractivity contribution < 1.29 is 5.11 Å². The van der Waals surface area contributed by atoms with Crippen LogP contribution in [0.3, 0.4) is 0 Å². The molecule has 0 atom stereocenters. The maximum Gasteiger partial charge on any atom is 0.0935 e. The Morgan fingerprint density at radius 2 is 2.24 bits per heavy atom. The average molecular weight is 232 g/mol. The molecule has 1 aromatic rings. The Bertz CT molecular complexity index is 426. The molecule has 2 heterocycles. The number of hydrogen-bond donors (Lipinski definition) is 2. The fraction of sp³-hybridized carbons (Fsp3) is 0.571. The van der Waals surface area contributed by atoms with Gasteiger partial charge in [-0.1, -0.05) is 12.1 Å². The van der Waals surface area contributed by atoms with Crippen LogP contribution in [0.4, 0.5) is 5.69 Å². The number of likely N-dealkylation sites (N-methyl/N-ethyl adjacent to an activating group) is 1. The topological polar surface area (TPSA) is 35.5 Å². The fourth-order valence-corrected chi connectivity index (χ4v) is 2.88. The van der Waals surface area contributed by atoms with Crippen LogP contribution in [0.2, 0.25) is 0 Å².